The van der Waals surface area contributed by atoms with Crippen molar-refractivity contribution in [3.63, 3.8) is 0 Å². The van der Waals surface area contributed by atoms with Crippen LogP contribution in [0.3, 0.4) is 0 Å². The Kier molecular flexibility index (Phi) is 3.39. The molecule has 0 heterocycles. The highest BCUT2D eigenvalue weighted by molar-refractivity contribution is 5.81. The van der Waals surface area contributed by atoms with E-state index in [4.69, 9.17) is 0 Å². The van der Waals surface area contributed by atoms with E-state index in [0.29, 0.717) is 5.92 Å². The fourth-order valence-corrected chi connectivity index (χ4v) is 5.36. The smallest absolute Gasteiger partial charge is 0.133 e. The van der Waals surface area contributed by atoms with Gasteiger partial charge in [-0.05, 0) is 61.6 Å². The van der Waals surface area contributed by atoms with Crippen molar-refractivity contribution in [1.29, 1.82) is 0 Å². The Hall–Kier alpha value is -1.18. The summed E-state index contributed by atoms with van der Waals surface area (Å²) in [4.78, 5) is 0. The second kappa shape index (κ2) is 5.18. The SMILES string of the molecule is CC12CCCCC1c1cc(F)cc(F)c1C2=C1CCCCC1. The molecule has 2 fully saturated rings. The number of halogens is 2. The Bertz CT molecular complexity index is 635. The molecule has 0 spiro atoms. The number of hydrogen-bond donors (Lipinski definition) is 0. The summed E-state index contributed by atoms with van der Waals surface area (Å²) in [7, 11) is 0. The molecule has 2 heteroatoms. The average molecular weight is 302 g/mol. The first-order valence-corrected chi connectivity index (χ1v) is 8.83. The number of allylic oxidation sites excluding steroid dienone is 2. The van der Waals surface area contributed by atoms with Gasteiger partial charge < -0.3 is 0 Å². The lowest BCUT2D eigenvalue weighted by Crippen LogP contribution is -2.26. The second-order valence-electron chi connectivity index (χ2n) is 7.61. The Morgan fingerprint density at radius 3 is 2.55 bits per heavy atom. The van der Waals surface area contributed by atoms with Crippen molar-refractivity contribution < 1.29 is 8.78 Å². The van der Waals surface area contributed by atoms with Gasteiger partial charge in [0, 0.05) is 17.0 Å². The maximum absolute atomic E-state index is 14.7. The average Bonchev–Trinajstić information content (AvgIpc) is 2.77. The van der Waals surface area contributed by atoms with Gasteiger partial charge in [0.05, 0.1) is 0 Å². The largest absolute Gasteiger partial charge is 0.207 e. The molecule has 2 unspecified atom stereocenters. The zero-order valence-electron chi connectivity index (χ0n) is 13.4. The minimum atomic E-state index is -0.418. The molecule has 0 bridgehead atoms. The summed E-state index contributed by atoms with van der Waals surface area (Å²) >= 11 is 0. The summed E-state index contributed by atoms with van der Waals surface area (Å²) in [6, 6.07) is 2.70. The van der Waals surface area contributed by atoms with Gasteiger partial charge in [0.1, 0.15) is 11.6 Å². The fraction of sp³-hybridized carbons (Fsp3) is 0.600. The van der Waals surface area contributed by atoms with E-state index in [1.165, 1.54) is 43.3 Å². The van der Waals surface area contributed by atoms with Crippen LogP contribution in [-0.2, 0) is 0 Å². The number of benzene rings is 1. The van der Waals surface area contributed by atoms with Gasteiger partial charge in [-0.2, -0.15) is 0 Å². The molecule has 3 aliphatic carbocycles. The topological polar surface area (TPSA) is 0 Å². The summed E-state index contributed by atoms with van der Waals surface area (Å²) in [5.74, 6) is -0.441. The molecule has 2 atom stereocenters. The third-order valence-corrected chi connectivity index (χ3v) is 6.30. The van der Waals surface area contributed by atoms with E-state index in [1.54, 1.807) is 6.07 Å². The van der Waals surface area contributed by atoms with Gasteiger partial charge >= 0.3 is 0 Å². The quantitative estimate of drug-likeness (QED) is 0.523. The zero-order valence-corrected chi connectivity index (χ0v) is 13.4. The van der Waals surface area contributed by atoms with Crippen molar-refractivity contribution in [3.8, 4) is 0 Å². The van der Waals surface area contributed by atoms with Crippen LogP contribution in [0.4, 0.5) is 8.78 Å². The number of rotatable bonds is 0. The molecule has 0 aliphatic heterocycles. The van der Waals surface area contributed by atoms with Gasteiger partial charge in [-0.15, -0.1) is 0 Å². The minimum absolute atomic E-state index is 0.0297. The Balaban J connectivity index is 1.97. The van der Waals surface area contributed by atoms with Crippen molar-refractivity contribution in [2.75, 3.05) is 0 Å². The zero-order chi connectivity index (χ0) is 15.3. The van der Waals surface area contributed by atoms with Crippen molar-refractivity contribution in [1.82, 2.24) is 0 Å². The first-order valence-electron chi connectivity index (χ1n) is 8.83. The van der Waals surface area contributed by atoms with Gasteiger partial charge in [0.2, 0.25) is 0 Å². The van der Waals surface area contributed by atoms with Gasteiger partial charge in [0.15, 0.2) is 0 Å². The molecular weight excluding hydrogens is 278 g/mol. The highest BCUT2D eigenvalue weighted by Crippen LogP contribution is 2.63. The Labute approximate surface area is 131 Å². The number of hydrogen-bond acceptors (Lipinski definition) is 0. The fourth-order valence-electron chi connectivity index (χ4n) is 5.36. The lowest BCUT2D eigenvalue weighted by atomic mass is 9.65. The third-order valence-electron chi connectivity index (χ3n) is 6.30. The molecule has 22 heavy (non-hydrogen) atoms. The van der Waals surface area contributed by atoms with E-state index in [-0.39, 0.29) is 11.2 Å². The summed E-state index contributed by atoms with van der Waals surface area (Å²) in [6.45, 7) is 2.31. The van der Waals surface area contributed by atoms with Crippen LogP contribution in [-0.4, -0.2) is 0 Å². The summed E-state index contributed by atoms with van der Waals surface area (Å²) < 4.78 is 28.5. The number of fused-ring (bicyclic) bond motifs is 3. The molecule has 0 nitrogen and oxygen atoms in total. The van der Waals surface area contributed by atoms with Crippen LogP contribution < -0.4 is 0 Å². The van der Waals surface area contributed by atoms with Crippen LogP contribution in [0.15, 0.2) is 17.7 Å². The van der Waals surface area contributed by atoms with Gasteiger partial charge in [-0.3, -0.25) is 0 Å². The molecule has 0 aromatic heterocycles. The molecule has 1 aromatic rings. The highest BCUT2D eigenvalue weighted by Gasteiger charge is 2.49. The van der Waals surface area contributed by atoms with E-state index in [2.05, 4.69) is 6.92 Å². The molecule has 118 valence electrons. The predicted octanol–water partition coefficient (Wildman–Crippen LogP) is 6.36. The first kappa shape index (κ1) is 14.4. The van der Waals surface area contributed by atoms with Crippen LogP contribution in [0, 0.1) is 17.0 Å². The van der Waals surface area contributed by atoms with Crippen molar-refractivity contribution >= 4 is 5.57 Å². The summed E-state index contributed by atoms with van der Waals surface area (Å²) in [5, 5.41) is 0. The second-order valence-corrected chi connectivity index (χ2v) is 7.61. The molecular formula is C20H24F2. The monoisotopic (exact) mass is 302 g/mol. The lowest BCUT2D eigenvalue weighted by Gasteiger charge is -2.39. The molecule has 4 rings (SSSR count). The standard InChI is InChI=1S/C20H24F2/c1-20-10-6-5-9-16(20)15-11-14(21)12-17(22)18(15)19(20)13-7-3-2-4-8-13/h11-12,16H,2-10H2,1H3. The van der Waals surface area contributed by atoms with Crippen molar-refractivity contribution in [2.45, 2.75) is 70.6 Å². The van der Waals surface area contributed by atoms with Crippen LogP contribution in [0.5, 0.6) is 0 Å². The van der Waals surface area contributed by atoms with Crippen molar-refractivity contribution in [3.05, 3.63) is 40.5 Å². The predicted molar refractivity (Wildman–Crippen MR) is 85.7 cm³/mol. The lowest BCUT2D eigenvalue weighted by molar-refractivity contribution is 0.261. The molecule has 0 saturated heterocycles. The highest BCUT2D eigenvalue weighted by atomic mass is 19.1. The molecule has 2 saturated carbocycles. The maximum Gasteiger partial charge on any atom is 0.133 e. The summed E-state index contributed by atoms with van der Waals surface area (Å²) in [6.07, 6.45) is 10.5. The molecule has 0 amide bonds. The van der Waals surface area contributed by atoms with Gasteiger partial charge in [-0.25, -0.2) is 8.78 Å². The Morgan fingerprint density at radius 2 is 1.77 bits per heavy atom. The molecule has 0 radical (unpaired) electrons. The van der Waals surface area contributed by atoms with Gasteiger partial charge in [0.25, 0.3) is 0 Å². The van der Waals surface area contributed by atoms with Crippen LogP contribution >= 0.6 is 0 Å². The normalized spacial score (nSPS) is 31.1. The molecule has 1 aromatic carbocycles. The summed E-state index contributed by atoms with van der Waals surface area (Å²) in [5.41, 5.74) is 4.48. The van der Waals surface area contributed by atoms with Crippen molar-refractivity contribution in [2.24, 2.45) is 5.41 Å². The van der Waals surface area contributed by atoms with Gasteiger partial charge in [-0.1, -0.05) is 31.8 Å². The first-order chi connectivity index (χ1) is 10.6. The Morgan fingerprint density at radius 1 is 1.00 bits per heavy atom. The van der Waals surface area contributed by atoms with E-state index < -0.39 is 5.82 Å². The van der Waals surface area contributed by atoms with E-state index in [1.807, 2.05) is 0 Å². The van der Waals surface area contributed by atoms with Crippen LogP contribution in [0.1, 0.15) is 81.8 Å². The van der Waals surface area contributed by atoms with Crippen LogP contribution in [0.2, 0.25) is 0 Å². The van der Waals surface area contributed by atoms with E-state index in [0.717, 1.165) is 42.9 Å². The molecule has 0 N–H and O–H groups in total. The molecule has 3 aliphatic rings. The third kappa shape index (κ3) is 1.99. The van der Waals surface area contributed by atoms with E-state index in [9.17, 15) is 8.78 Å². The minimum Gasteiger partial charge on any atom is -0.207 e. The van der Waals surface area contributed by atoms with Crippen LogP contribution in [0.25, 0.3) is 5.57 Å². The van der Waals surface area contributed by atoms with E-state index >= 15 is 0 Å². The maximum atomic E-state index is 14.7.